The fraction of sp³-hybridized carbons (Fsp3) is 0.923. The number of carbonyl (C=O) groups is 1. The third-order valence-electron chi connectivity index (χ3n) is 3.78. The monoisotopic (exact) mass is 273 g/mol. The van der Waals surface area contributed by atoms with Crippen LogP contribution in [-0.2, 0) is 9.53 Å². The van der Waals surface area contributed by atoms with Crippen molar-refractivity contribution in [3.8, 4) is 0 Å². The van der Waals surface area contributed by atoms with Crippen molar-refractivity contribution in [1.29, 1.82) is 0 Å². The Kier molecular flexibility index (Phi) is 4.92. The van der Waals surface area contributed by atoms with Crippen LogP contribution in [0.4, 0.5) is 0 Å². The molecule has 0 bridgehead atoms. The van der Waals surface area contributed by atoms with Gasteiger partial charge in [-0.2, -0.15) is 11.8 Å². The molecule has 2 fully saturated rings. The Morgan fingerprint density at radius 3 is 2.67 bits per heavy atom. The predicted molar refractivity (Wildman–Crippen MR) is 73.1 cm³/mol. The average Bonchev–Trinajstić information content (AvgIpc) is 3.08. The Morgan fingerprint density at radius 2 is 2.22 bits per heavy atom. The van der Waals surface area contributed by atoms with Crippen LogP contribution in [0.2, 0.25) is 0 Å². The summed E-state index contributed by atoms with van der Waals surface area (Å²) >= 11 is 1.91. The molecule has 5 heteroatoms. The summed E-state index contributed by atoms with van der Waals surface area (Å²) in [5, 5.41) is 13.5. The highest BCUT2D eigenvalue weighted by molar-refractivity contribution is 8.00. The molecule has 0 aromatic rings. The number of nitrogens with one attached hydrogen (secondary N) is 1. The van der Waals surface area contributed by atoms with Gasteiger partial charge in [0.25, 0.3) is 0 Å². The number of thioether (sulfide) groups is 1. The van der Waals surface area contributed by atoms with E-state index in [4.69, 9.17) is 4.74 Å². The van der Waals surface area contributed by atoms with E-state index in [9.17, 15) is 9.90 Å². The molecular weight excluding hydrogens is 250 g/mol. The van der Waals surface area contributed by atoms with Crippen LogP contribution in [0.1, 0.15) is 39.0 Å². The van der Waals surface area contributed by atoms with E-state index in [1.807, 2.05) is 18.7 Å². The lowest BCUT2D eigenvalue weighted by Crippen LogP contribution is -2.52. The number of carboxylic acid groups (broad SMARTS) is 1. The summed E-state index contributed by atoms with van der Waals surface area (Å²) in [6, 6.07) is 0.439. The summed E-state index contributed by atoms with van der Waals surface area (Å²) in [7, 11) is 0. The van der Waals surface area contributed by atoms with Gasteiger partial charge in [0.2, 0.25) is 0 Å². The summed E-state index contributed by atoms with van der Waals surface area (Å²) in [4.78, 5) is 11.5. The summed E-state index contributed by atoms with van der Waals surface area (Å²) in [6.45, 7) is 3.70. The lowest BCUT2D eigenvalue weighted by molar-refractivity contribution is -0.145. The zero-order valence-corrected chi connectivity index (χ0v) is 11.8. The normalized spacial score (nSPS) is 23.4. The van der Waals surface area contributed by atoms with Crippen molar-refractivity contribution in [1.82, 2.24) is 5.32 Å². The lowest BCUT2D eigenvalue weighted by Gasteiger charge is -2.30. The third-order valence-corrected chi connectivity index (χ3v) is 5.05. The van der Waals surface area contributed by atoms with Gasteiger partial charge in [-0.25, -0.2) is 0 Å². The standard InChI is InChI=1S/C13H23NO3S/c1-2-13(12(15)16,14-10-4-5-10)6-3-7-18-11-8-17-9-11/h10-11,14H,2-9H2,1H3,(H,15,16). The van der Waals surface area contributed by atoms with Crippen LogP contribution in [-0.4, -0.2) is 46.9 Å². The fourth-order valence-electron chi connectivity index (χ4n) is 2.22. The van der Waals surface area contributed by atoms with Crippen LogP contribution in [0.15, 0.2) is 0 Å². The van der Waals surface area contributed by atoms with Gasteiger partial charge in [-0.1, -0.05) is 6.92 Å². The van der Waals surface area contributed by atoms with Gasteiger partial charge in [0.05, 0.1) is 18.5 Å². The van der Waals surface area contributed by atoms with Crippen LogP contribution in [0.3, 0.4) is 0 Å². The maximum atomic E-state index is 11.5. The number of aliphatic carboxylic acids is 1. The van der Waals surface area contributed by atoms with E-state index in [0.29, 0.717) is 17.7 Å². The molecule has 0 aromatic heterocycles. The van der Waals surface area contributed by atoms with Gasteiger partial charge in [0, 0.05) is 6.04 Å². The van der Waals surface area contributed by atoms with Gasteiger partial charge in [0.15, 0.2) is 0 Å². The first-order valence-electron chi connectivity index (χ1n) is 6.87. The fourth-order valence-corrected chi connectivity index (χ4v) is 3.25. The third kappa shape index (κ3) is 3.62. The van der Waals surface area contributed by atoms with E-state index >= 15 is 0 Å². The molecule has 1 heterocycles. The molecule has 0 radical (unpaired) electrons. The first-order valence-corrected chi connectivity index (χ1v) is 7.91. The van der Waals surface area contributed by atoms with Crippen LogP contribution in [0.5, 0.6) is 0 Å². The predicted octanol–water partition coefficient (Wildman–Crippen LogP) is 1.88. The van der Waals surface area contributed by atoms with Crippen LogP contribution >= 0.6 is 11.8 Å². The second-order valence-electron chi connectivity index (χ2n) is 5.29. The molecule has 4 nitrogen and oxygen atoms in total. The zero-order chi connectivity index (χ0) is 13.0. The minimum absolute atomic E-state index is 0.439. The molecule has 2 rings (SSSR count). The largest absolute Gasteiger partial charge is 0.480 e. The van der Waals surface area contributed by atoms with E-state index in [1.165, 1.54) is 0 Å². The van der Waals surface area contributed by atoms with E-state index in [2.05, 4.69) is 5.32 Å². The number of hydrogen-bond donors (Lipinski definition) is 2. The molecule has 1 aliphatic carbocycles. The van der Waals surface area contributed by atoms with Gasteiger partial charge >= 0.3 is 5.97 Å². The van der Waals surface area contributed by atoms with Crippen molar-refractivity contribution in [3.63, 3.8) is 0 Å². The highest BCUT2D eigenvalue weighted by Crippen LogP contribution is 2.28. The van der Waals surface area contributed by atoms with Crippen molar-refractivity contribution in [2.45, 2.75) is 55.9 Å². The van der Waals surface area contributed by atoms with E-state index in [-0.39, 0.29) is 0 Å². The second-order valence-corrected chi connectivity index (χ2v) is 6.70. The van der Waals surface area contributed by atoms with Gasteiger partial charge in [-0.15, -0.1) is 0 Å². The Hall–Kier alpha value is -0.260. The molecule has 1 saturated carbocycles. The van der Waals surface area contributed by atoms with Gasteiger partial charge in [-0.05, 0) is 37.9 Å². The van der Waals surface area contributed by atoms with Gasteiger partial charge < -0.3 is 9.84 Å². The molecule has 104 valence electrons. The van der Waals surface area contributed by atoms with Crippen molar-refractivity contribution < 1.29 is 14.6 Å². The number of rotatable bonds is 9. The summed E-state index contributed by atoms with van der Waals surface area (Å²) < 4.78 is 5.13. The Bertz CT molecular complexity index is 292. The lowest BCUT2D eigenvalue weighted by atomic mass is 9.90. The molecule has 0 spiro atoms. The molecular formula is C13H23NO3S. The van der Waals surface area contributed by atoms with Crippen LogP contribution in [0, 0.1) is 0 Å². The van der Waals surface area contributed by atoms with Crippen LogP contribution in [0.25, 0.3) is 0 Å². The Balaban J connectivity index is 1.73. The molecule has 1 aliphatic heterocycles. The van der Waals surface area contributed by atoms with Crippen molar-refractivity contribution in [2.24, 2.45) is 0 Å². The summed E-state index contributed by atoms with van der Waals surface area (Å²) in [5.74, 6) is 0.351. The Morgan fingerprint density at radius 1 is 1.50 bits per heavy atom. The zero-order valence-electron chi connectivity index (χ0n) is 11.0. The maximum Gasteiger partial charge on any atom is 0.323 e. The number of ether oxygens (including phenoxy) is 1. The van der Waals surface area contributed by atoms with E-state index in [1.54, 1.807) is 0 Å². The topological polar surface area (TPSA) is 58.6 Å². The molecule has 1 atom stereocenters. The van der Waals surface area contributed by atoms with Gasteiger partial charge in [0.1, 0.15) is 5.54 Å². The minimum Gasteiger partial charge on any atom is -0.480 e. The van der Waals surface area contributed by atoms with E-state index in [0.717, 1.165) is 44.6 Å². The molecule has 18 heavy (non-hydrogen) atoms. The van der Waals surface area contributed by atoms with Crippen molar-refractivity contribution >= 4 is 17.7 Å². The molecule has 2 aliphatic rings. The van der Waals surface area contributed by atoms with Crippen molar-refractivity contribution in [2.75, 3.05) is 19.0 Å². The molecule has 1 saturated heterocycles. The second kappa shape index (κ2) is 6.26. The highest BCUT2D eigenvalue weighted by atomic mass is 32.2. The smallest absolute Gasteiger partial charge is 0.323 e. The Labute approximate surface area is 113 Å². The van der Waals surface area contributed by atoms with Crippen molar-refractivity contribution in [3.05, 3.63) is 0 Å². The van der Waals surface area contributed by atoms with E-state index < -0.39 is 11.5 Å². The van der Waals surface area contributed by atoms with Gasteiger partial charge in [-0.3, -0.25) is 10.1 Å². The SMILES string of the molecule is CCC(CCCSC1COC1)(NC1CC1)C(=O)O. The highest BCUT2D eigenvalue weighted by Gasteiger charge is 2.40. The quantitative estimate of drug-likeness (QED) is 0.628. The first-order chi connectivity index (χ1) is 8.66. The molecule has 1 unspecified atom stereocenters. The summed E-state index contributed by atoms with van der Waals surface area (Å²) in [5.41, 5.74) is -0.697. The molecule has 0 amide bonds. The number of carboxylic acids is 1. The minimum atomic E-state index is -0.697. The number of hydrogen-bond acceptors (Lipinski definition) is 4. The molecule has 2 N–H and O–H groups in total. The average molecular weight is 273 g/mol. The maximum absolute atomic E-state index is 11.5. The van der Waals surface area contributed by atoms with Crippen LogP contribution < -0.4 is 5.32 Å². The summed E-state index contributed by atoms with van der Waals surface area (Å²) in [6.07, 6.45) is 4.61. The first kappa shape index (κ1) is 14.2. The molecule has 0 aromatic carbocycles.